The van der Waals surface area contributed by atoms with E-state index in [2.05, 4.69) is 0 Å². The molecule has 0 amide bonds. The Morgan fingerprint density at radius 1 is 0.722 bits per heavy atom. The van der Waals surface area contributed by atoms with E-state index in [0.717, 1.165) is 27.7 Å². The van der Waals surface area contributed by atoms with Crippen LogP contribution in [0.2, 0.25) is 0 Å². The SMILES string of the molecule is CC(=O)O.CC(=O)O.CC(=O)[O-].CC(=O)[O-].[Mg+2].[Zn]. The molecule has 0 aromatic carbocycles. The maximum absolute atomic E-state index is 9.00. The number of hydrogen-bond acceptors (Lipinski definition) is 6. The van der Waals surface area contributed by atoms with Crippen LogP contribution in [-0.4, -0.2) is 57.1 Å². The zero-order valence-corrected chi connectivity index (χ0v) is 15.1. The second kappa shape index (κ2) is 29.9. The van der Waals surface area contributed by atoms with Crippen molar-refractivity contribution in [1.29, 1.82) is 0 Å². The molecule has 98 valence electrons. The number of hydrogen-bond donors (Lipinski definition) is 2. The summed E-state index contributed by atoms with van der Waals surface area (Å²) in [6.45, 7) is 4.11. The Morgan fingerprint density at radius 3 is 0.722 bits per heavy atom. The number of aliphatic carboxylic acids is 4. The third kappa shape index (κ3) is 5830. The van der Waals surface area contributed by atoms with E-state index in [-0.39, 0.29) is 42.5 Å². The summed E-state index contributed by atoms with van der Waals surface area (Å²) in [4.78, 5) is 35.8. The molecule has 8 nitrogen and oxygen atoms in total. The predicted molar refractivity (Wildman–Crippen MR) is 53.7 cm³/mol. The van der Waals surface area contributed by atoms with Gasteiger partial charge in [0.05, 0.1) is 0 Å². The largest absolute Gasteiger partial charge is 2.00 e. The fourth-order valence-electron chi connectivity index (χ4n) is 0. The van der Waals surface area contributed by atoms with E-state index in [0.29, 0.717) is 0 Å². The van der Waals surface area contributed by atoms with Crippen LogP contribution in [0.1, 0.15) is 27.7 Å². The Balaban J connectivity index is -0.0000000257. The summed E-state index contributed by atoms with van der Waals surface area (Å²) < 4.78 is 0. The zero-order chi connectivity index (χ0) is 14.3. The van der Waals surface area contributed by atoms with Gasteiger partial charge < -0.3 is 30.0 Å². The van der Waals surface area contributed by atoms with Crippen LogP contribution in [0.15, 0.2) is 0 Å². The van der Waals surface area contributed by atoms with E-state index in [1.807, 2.05) is 0 Å². The van der Waals surface area contributed by atoms with Crippen molar-refractivity contribution in [3.8, 4) is 0 Å². The fourth-order valence-corrected chi connectivity index (χ4v) is 0. The zero-order valence-electron chi connectivity index (χ0n) is 10.8. The standard InChI is InChI=1S/4C2H4O2.Mg.Zn/c4*1-2(3)4;;/h4*1H3,(H,3,4);;/q;;;;+2;/p-2. The van der Waals surface area contributed by atoms with Gasteiger partial charge in [0, 0.05) is 45.3 Å². The van der Waals surface area contributed by atoms with Crippen molar-refractivity contribution in [1.82, 2.24) is 0 Å². The van der Waals surface area contributed by atoms with E-state index in [9.17, 15) is 0 Å². The molecule has 0 aromatic heterocycles. The monoisotopic (exact) mass is 326 g/mol. The molecular weight excluding hydrogens is 314 g/mol. The second-order valence-corrected chi connectivity index (χ2v) is 2.02. The minimum atomic E-state index is -1.08. The average Bonchev–Trinajstić information content (AvgIpc) is 1.76. The molecule has 0 heterocycles. The van der Waals surface area contributed by atoms with Gasteiger partial charge in [-0.25, -0.2) is 0 Å². The van der Waals surface area contributed by atoms with Crippen LogP contribution in [0, 0.1) is 0 Å². The molecule has 18 heavy (non-hydrogen) atoms. The summed E-state index contributed by atoms with van der Waals surface area (Å²) in [5, 5.41) is 32.6. The Morgan fingerprint density at radius 2 is 0.722 bits per heavy atom. The fraction of sp³-hybridized carbons (Fsp3) is 0.500. The smallest absolute Gasteiger partial charge is 0.550 e. The van der Waals surface area contributed by atoms with Crippen LogP contribution >= 0.6 is 0 Å². The van der Waals surface area contributed by atoms with Gasteiger partial charge in [-0.2, -0.15) is 0 Å². The van der Waals surface area contributed by atoms with Gasteiger partial charge in [-0.15, -0.1) is 0 Å². The molecule has 2 N–H and O–H groups in total. The molecular formula is C8H14MgO8Zn. The molecule has 0 bridgehead atoms. The molecule has 0 atom stereocenters. The first-order valence-electron chi connectivity index (χ1n) is 3.67. The van der Waals surface area contributed by atoms with E-state index >= 15 is 0 Å². The van der Waals surface area contributed by atoms with Gasteiger partial charge in [-0.3, -0.25) is 9.59 Å². The maximum Gasteiger partial charge on any atom is 2.00 e. The minimum absolute atomic E-state index is 0. The number of carboxylic acid groups (broad SMARTS) is 4. The van der Waals surface area contributed by atoms with E-state index in [4.69, 9.17) is 39.6 Å². The van der Waals surface area contributed by atoms with E-state index in [1.165, 1.54) is 0 Å². The summed E-state index contributed by atoms with van der Waals surface area (Å²) in [7, 11) is 0. The Kier molecular flexibility index (Phi) is 59.7. The van der Waals surface area contributed by atoms with E-state index in [1.54, 1.807) is 0 Å². The summed E-state index contributed by atoms with van der Waals surface area (Å²) in [6.07, 6.45) is 0. The summed E-state index contributed by atoms with van der Waals surface area (Å²) in [6, 6.07) is 0. The van der Waals surface area contributed by atoms with Crippen molar-refractivity contribution < 1.29 is 59.1 Å². The molecule has 0 unspecified atom stereocenters. The molecule has 0 saturated carbocycles. The first-order chi connectivity index (χ1) is 6.93. The number of rotatable bonds is 0. The van der Waals surface area contributed by atoms with Crippen LogP contribution in [0.4, 0.5) is 0 Å². The third-order valence-corrected chi connectivity index (χ3v) is 0. The van der Waals surface area contributed by atoms with Gasteiger partial charge >= 0.3 is 23.1 Å². The third-order valence-electron chi connectivity index (χ3n) is 0. The van der Waals surface area contributed by atoms with Crippen LogP contribution in [0.3, 0.4) is 0 Å². The molecule has 0 aliphatic carbocycles. The topological polar surface area (TPSA) is 155 Å². The van der Waals surface area contributed by atoms with Gasteiger partial charge in [0.25, 0.3) is 11.9 Å². The molecule has 0 spiro atoms. The van der Waals surface area contributed by atoms with E-state index < -0.39 is 23.9 Å². The molecule has 10 heteroatoms. The van der Waals surface area contributed by atoms with Gasteiger partial charge in [0.15, 0.2) is 0 Å². The van der Waals surface area contributed by atoms with Crippen LogP contribution in [0.25, 0.3) is 0 Å². The van der Waals surface area contributed by atoms with Crippen molar-refractivity contribution in [3.05, 3.63) is 0 Å². The van der Waals surface area contributed by atoms with Crippen LogP contribution < -0.4 is 10.2 Å². The van der Waals surface area contributed by atoms with Crippen molar-refractivity contribution in [2.45, 2.75) is 27.7 Å². The Bertz CT molecular complexity index is 167. The first kappa shape index (κ1) is 36.0. The van der Waals surface area contributed by atoms with Crippen molar-refractivity contribution in [2.24, 2.45) is 0 Å². The predicted octanol–water partition coefficient (Wildman–Crippen LogP) is -2.69. The normalized spacial score (nSPS) is 5.56. The second-order valence-electron chi connectivity index (χ2n) is 2.02. The average molecular weight is 328 g/mol. The van der Waals surface area contributed by atoms with Gasteiger partial charge in [-0.05, 0) is 13.8 Å². The number of carboxylic acids is 4. The molecule has 0 radical (unpaired) electrons. The molecule has 0 rings (SSSR count). The molecule has 0 aromatic rings. The minimum Gasteiger partial charge on any atom is -0.550 e. The summed E-state index contributed by atoms with van der Waals surface area (Å²) >= 11 is 0. The maximum atomic E-state index is 9.00. The Labute approximate surface area is 133 Å². The van der Waals surface area contributed by atoms with Crippen molar-refractivity contribution in [2.75, 3.05) is 0 Å². The molecule has 0 saturated heterocycles. The summed E-state index contributed by atoms with van der Waals surface area (Å²) in [5.74, 6) is -3.83. The van der Waals surface area contributed by atoms with Gasteiger partial charge in [0.2, 0.25) is 0 Å². The molecule has 0 aliphatic heterocycles. The van der Waals surface area contributed by atoms with Crippen molar-refractivity contribution >= 4 is 46.9 Å². The Hall–Kier alpha value is -0.730. The van der Waals surface area contributed by atoms with Gasteiger partial charge in [0.1, 0.15) is 0 Å². The first-order valence-corrected chi connectivity index (χ1v) is 3.67. The van der Waals surface area contributed by atoms with Crippen molar-refractivity contribution in [3.63, 3.8) is 0 Å². The van der Waals surface area contributed by atoms with Gasteiger partial charge in [-0.1, -0.05) is 0 Å². The van der Waals surface area contributed by atoms with Crippen LogP contribution in [0.5, 0.6) is 0 Å². The number of carbonyl (C=O) groups is 4. The summed E-state index contributed by atoms with van der Waals surface area (Å²) in [5.41, 5.74) is 0. The molecule has 0 aliphatic rings. The number of carbonyl (C=O) groups excluding carboxylic acids is 2. The van der Waals surface area contributed by atoms with Crippen LogP contribution in [-0.2, 0) is 38.7 Å². The molecule has 0 fully saturated rings. The quantitative estimate of drug-likeness (QED) is 0.456.